The topological polar surface area (TPSA) is 88.1 Å². The van der Waals surface area contributed by atoms with Gasteiger partial charge in [0.05, 0.1) is 12.6 Å². The first kappa shape index (κ1) is 18.9. The van der Waals surface area contributed by atoms with Crippen LogP contribution in [0.3, 0.4) is 0 Å². The molecule has 0 bridgehead atoms. The molecule has 0 spiro atoms. The van der Waals surface area contributed by atoms with Gasteiger partial charge in [-0.1, -0.05) is 0 Å². The van der Waals surface area contributed by atoms with Gasteiger partial charge >= 0.3 is 5.69 Å². The Hall–Kier alpha value is -2.87. The number of imidazole rings is 1. The van der Waals surface area contributed by atoms with Crippen molar-refractivity contribution < 1.29 is 9.53 Å². The maximum Gasteiger partial charge on any atom is 0.332 e. The van der Waals surface area contributed by atoms with Gasteiger partial charge in [-0.15, -0.1) is 0 Å². The predicted octanol–water partition coefficient (Wildman–Crippen LogP) is 1.93. The van der Waals surface area contributed by atoms with E-state index in [2.05, 4.69) is 4.98 Å². The highest BCUT2D eigenvalue weighted by atomic mass is 35.5. The highest BCUT2D eigenvalue weighted by Gasteiger charge is 2.26. The van der Waals surface area contributed by atoms with Gasteiger partial charge in [-0.3, -0.25) is 23.3 Å². The fourth-order valence-corrected chi connectivity index (χ4v) is 3.29. The van der Waals surface area contributed by atoms with Crippen LogP contribution in [0.1, 0.15) is 30.2 Å². The van der Waals surface area contributed by atoms with Crippen molar-refractivity contribution in [2.45, 2.75) is 19.9 Å². The van der Waals surface area contributed by atoms with Gasteiger partial charge in [-0.25, -0.2) is 4.79 Å². The van der Waals surface area contributed by atoms with Crippen LogP contribution in [0, 0.1) is 0 Å². The zero-order valence-corrected chi connectivity index (χ0v) is 16.1. The van der Waals surface area contributed by atoms with Crippen LogP contribution >= 0.6 is 11.6 Å². The number of Topliss-reactive ketones (excluding diaryl/α,β-unsaturated/α-hetero) is 1. The Morgan fingerprint density at radius 2 is 1.81 bits per heavy atom. The number of nitrogens with zero attached hydrogens (tertiary/aromatic N) is 4. The summed E-state index contributed by atoms with van der Waals surface area (Å²) in [6, 6.07) is 5.94. The van der Waals surface area contributed by atoms with Gasteiger partial charge in [0.25, 0.3) is 5.56 Å². The summed E-state index contributed by atoms with van der Waals surface area (Å²) in [4.78, 5) is 41.8. The monoisotopic (exact) mass is 390 g/mol. The zero-order chi connectivity index (χ0) is 19.9. The lowest BCUT2D eigenvalue weighted by atomic mass is 10.1. The molecule has 0 fully saturated rings. The summed E-state index contributed by atoms with van der Waals surface area (Å²) in [6.45, 7) is 4.04. The fourth-order valence-electron chi connectivity index (χ4n) is 2.98. The van der Waals surface area contributed by atoms with E-state index in [1.165, 1.54) is 23.2 Å². The van der Waals surface area contributed by atoms with Crippen LogP contribution in [0.2, 0.25) is 5.28 Å². The van der Waals surface area contributed by atoms with Crippen molar-refractivity contribution in [1.82, 2.24) is 18.7 Å². The maximum atomic E-state index is 12.9. The minimum Gasteiger partial charge on any atom is -0.494 e. The van der Waals surface area contributed by atoms with Gasteiger partial charge in [-0.05, 0) is 49.7 Å². The molecule has 0 radical (unpaired) electrons. The van der Waals surface area contributed by atoms with Crippen molar-refractivity contribution in [3.05, 3.63) is 56.0 Å². The second-order valence-corrected chi connectivity index (χ2v) is 6.46. The molecule has 1 aromatic carbocycles. The van der Waals surface area contributed by atoms with E-state index < -0.39 is 17.3 Å². The smallest absolute Gasteiger partial charge is 0.332 e. The summed E-state index contributed by atoms with van der Waals surface area (Å²) in [6.07, 6.45) is 0. The van der Waals surface area contributed by atoms with Gasteiger partial charge in [0.15, 0.2) is 16.9 Å². The maximum absolute atomic E-state index is 12.9. The number of benzene rings is 1. The van der Waals surface area contributed by atoms with Crippen LogP contribution in [0.5, 0.6) is 5.75 Å². The summed E-state index contributed by atoms with van der Waals surface area (Å²) in [5.41, 5.74) is -0.375. The summed E-state index contributed by atoms with van der Waals surface area (Å²) >= 11 is 6.23. The normalized spacial score (nSPS) is 12.3. The molecule has 0 aliphatic rings. The van der Waals surface area contributed by atoms with Crippen LogP contribution in [0.15, 0.2) is 33.9 Å². The molecule has 3 aromatic rings. The van der Waals surface area contributed by atoms with Gasteiger partial charge in [0.2, 0.25) is 5.28 Å². The molecule has 0 amide bonds. The zero-order valence-electron chi connectivity index (χ0n) is 15.4. The summed E-state index contributed by atoms with van der Waals surface area (Å²) in [7, 11) is 2.87. The first-order chi connectivity index (χ1) is 12.8. The molecule has 9 heteroatoms. The number of fused-ring (bicyclic) bond motifs is 1. The van der Waals surface area contributed by atoms with Crippen molar-refractivity contribution in [3.63, 3.8) is 0 Å². The van der Waals surface area contributed by atoms with E-state index in [0.717, 1.165) is 4.57 Å². The van der Waals surface area contributed by atoms with Crippen molar-refractivity contribution in [1.29, 1.82) is 0 Å². The second kappa shape index (κ2) is 7.03. The number of rotatable bonds is 5. The number of hydrogen-bond acceptors (Lipinski definition) is 5. The van der Waals surface area contributed by atoms with E-state index in [1.54, 1.807) is 31.2 Å². The lowest BCUT2D eigenvalue weighted by Crippen LogP contribution is -2.38. The van der Waals surface area contributed by atoms with E-state index in [-0.39, 0.29) is 22.2 Å². The Bertz CT molecular complexity index is 1140. The third-order valence-corrected chi connectivity index (χ3v) is 4.73. The highest BCUT2D eigenvalue weighted by molar-refractivity contribution is 6.29. The number of carbonyl (C=O) groups excluding carboxylic acids is 1. The number of carbonyl (C=O) groups is 1. The Balaban J connectivity index is 2.12. The molecule has 27 heavy (non-hydrogen) atoms. The molecule has 0 saturated heterocycles. The van der Waals surface area contributed by atoms with Crippen LogP contribution in [0.4, 0.5) is 0 Å². The molecule has 0 aliphatic carbocycles. The average molecular weight is 391 g/mol. The SMILES string of the molecule is CCOc1ccc(C(=O)[C@H](C)n2c(Cl)nc3c2c(=O)n(C)c(=O)n3C)cc1. The third-order valence-electron chi connectivity index (χ3n) is 4.47. The van der Waals surface area contributed by atoms with E-state index >= 15 is 0 Å². The molecule has 0 saturated carbocycles. The van der Waals surface area contributed by atoms with Gasteiger partial charge in [0, 0.05) is 19.7 Å². The molecule has 0 N–H and O–H groups in total. The summed E-state index contributed by atoms with van der Waals surface area (Å²) in [5, 5.41) is -0.0323. The Labute approximate surface area is 159 Å². The highest BCUT2D eigenvalue weighted by Crippen LogP contribution is 2.25. The van der Waals surface area contributed by atoms with E-state index in [9.17, 15) is 14.4 Å². The Kier molecular flexibility index (Phi) is 4.93. The molecule has 0 unspecified atom stereocenters. The van der Waals surface area contributed by atoms with Gasteiger partial charge in [-0.2, -0.15) is 4.98 Å². The van der Waals surface area contributed by atoms with Crippen molar-refractivity contribution >= 4 is 28.5 Å². The summed E-state index contributed by atoms with van der Waals surface area (Å²) < 4.78 is 8.93. The van der Waals surface area contributed by atoms with E-state index in [4.69, 9.17) is 16.3 Å². The van der Waals surface area contributed by atoms with E-state index in [1.807, 2.05) is 6.92 Å². The molecule has 2 aromatic heterocycles. The third kappa shape index (κ3) is 3.06. The van der Waals surface area contributed by atoms with Crippen LogP contribution < -0.4 is 16.0 Å². The van der Waals surface area contributed by atoms with Crippen LogP contribution in [-0.2, 0) is 14.1 Å². The molecule has 3 rings (SSSR count). The number of ether oxygens (including phenoxy) is 1. The number of aromatic nitrogens is 4. The standard InChI is InChI=1S/C18H19ClN4O4/c1-5-27-12-8-6-11(7-9-12)14(24)10(2)23-13-15(20-17(23)19)21(3)18(26)22(4)16(13)25/h6-10H,5H2,1-4H3/t10-/m0/s1. The lowest BCUT2D eigenvalue weighted by molar-refractivity contribution is 0.0937. The van der Waals surface area contributed by atoms with Crippen molar-refractivity contribution in [3.8, 4) is 5.75 Å². The fraction of sp³-hybridized carbons (Fsp3) is 0.333. The second-order valence-electron chi connectivity index (χ2n) is 6.13. The average Bonchev–Trinajstić information content (AvgIpc) is 3.01. The number of ketones is 1. The molecule has 142 valence electrons. The Morgan fingerprint density at radius 3 is 2.41 bits per heavy atom. The number of aryl methyl sites for hydroxylation is 1. The van der Waals surface area contributed by atoms with E-state index in [0.29, 0.717) is 17.9 Å². The van der Waals surface area contributed by atoms with Gasteiger partial charge in [0.1, 0.15) is 5.75 Å². The van der Waals surface area contributed by atoms with Crippen LogP contribution in [0.25, 0.3) is 11.2 Å². The summed E-state index contributed by atoms with van der Waals surface area (Å²) in [5.74, 6) is 0.423. The van der Waals surface area contributed by atoms with Crippen molar-refractivity contribution in [2.75, 3.05) is 6.61 Å². The number of halogens is 1. The minimum absolute atomic E-state index is 0.0323. The first-order valence-corrected chi connectivity index (χ1v) is 8.76. The molecular weight excluding hydrogens is 372 g/mol. The lowest BCUT2D eigenvalue weighted by Gasteiger charge is -2.15. The first-order valence-electron chi connectivity index (χ1n) is 8.38. The molecule has 0 aliphatic heterocycles. The Morgan fingerprint density at radius 1 is 1.19 bits per heavy atom. The largest absolute Gasteiger partial charge is 0.494 e. The van der Waals surface area contributed by atoms with Crippen molar-refractivity contribution in [2.24, 2.45) is 14.1 Å². The van der Waals surface area contributed by atoms with Crippen LogP contribution in [-0.4, -0.2) is 31.1 Å². The van der Waals surface area contributed by atoms with Gasteiger partial charge < -0.3 is 4.74 Å². The molecule has 8 nitrogen and oxygen atoms in total. The minimum atomic E-state index is -0.786. The molecular formula is C18H19ClN4O4. The predicted molar refractivity (Wildman–Crippen MR) is 102 cm³/mol. The number of hydrogen-bond donors (Lipinski definition) is 0. The quantitative estimate of drug-likeness (QED) is 0.490. The molecule has 1 atom stereocenters. The molecule has 2 heterocycles.